The van der Waals surface area contributed by atoms with Gasteiger partial charge in [0.1, 0.15) is 17.5 Å². The Balaban J connectivity index is 0.00000161. The summed E-state index contributed by atoms with van der Waals surface area (Å²) in [7, 11) is 0. The molecule has 0 radical (unpaired) electrons. The predicted octanol–water partition coefficient (Wildman–Crippen LogP) is 2.44. The van der Waals surface area contributed by atoms with Gasteiger partial charge in [-0.1, -0.05) is 0 Å². The van der Waals surface area contributed by atoms with E-state index in [-0.39, 0.29) is 29.8 Å². The standard InChI is InChI=1S/C14H18N2O4.ClH/c1-10-14(4-6-15-7-5-14)19-9-11-8-12(16(17)18)2-3-13(11)20-10;/h2-3,8,10,15H,4-7,9H2,1H3;1H. The number of piperidine rings is 1. The van der Waals surface area contributed by atoms with E-state index in [0.29, 0.717) is 12.4 Å². The highest BCUT2D eigenvalue weighted by Crippen LogP contribution is 2.37. The van der Waals surface area contributed by atoms with Crippen LogP contribution in [0.15, 0.2) is 18.2 Å². The molecular weight excluding hydrogens is 296 g/mol. The lowest BCUT2D eigenvalue weighted by Gasteiger charge is -2.40. The molecule has 3 rings (SSSR count). The molecule has 2 aliphatic heterocycles. The minimum absolute atomic E-state index is 0. The van der Waals surface area contributed by atoms with E-state index in [1.807, 2.05) is 6.92 Å². The smallest absolute Gasteiger partial charge is 0.270 e. The summed E-state index contributed by atoms with van der Waals surface area (Å²) < 4.78 is 12.1. The third kappa shape index (κ3) is 2.97. The number of nitro groups is 1. The number of ether oxygens (including phenoxy) is 2. The van der Waals surface area contributed by atoms with E-state index in [9.17, 15) is 10.1 Å². The molecule has 21 heavy (non-hydrogen) atoms. The summed E-state index contributed by atoms with van der Waals surface area (Å²) in [6.07, 6.45) is 1.72. The number of hydrogen-bond donors (Lipinski definition) is 1. The maximum atomic E-state index is 10.8. The van der Waals surface area contributed by atoms with Gasteiger partial charge >= 0.3 is 0 Å². The number of fused-ring (bicyclic) bond motifs is 1. The van der Waals surface area contributed by atoms with Crippen LogP contribution in [0.2, 0.25) is 0 Å². The highest BCUT2D eigenvalue weighted by molar-refractivity contribution is 5.85. The Kier molecular flexibility index (Phi) is 4.70. The first-order chi connectivity index (χ1) is 9.61. The second-order valence-corrected chi connectivity index (χ2v) is 5.41. The number of non-ortho nitro benzene ring substituents is 1. The lowest BCUT2D eigenvalue weighted by Crippen LogP contribution is -2.52. The number of nitrogens with zero attached hydrogens (tertiary/aromatic N) is 1. The molecule has 0 amide bonds. The molecule has 0 bridgehead atoms. The van der Waals surface area contributed by atoms with Gasteiger partial charge in [-0.2, -0.15) is 0 Å². The van der Waals surface area contributed by atoms with Gasteiger partial charge in [0.25, 0.3) is 5.69 Å². The predicted molar refractivity (Wildman–Crippen MR) is 80.1 cm³/mol. The Labute approximate surface area is 129 Å². The molecule has 6 nitrogen and oxygen atoms in total. The fraction of sp³-hybridized carbons (Fsp3) is 0.571. The van der Waals surface area contributed by atoms with Crippen molar-refractivity contribution in [3.8, 4) is 5.75 Å². The van der Waals surface area contributed by atoms with Gasteiger partial charge in [0.15, 0.2) is 0 Å². The molecule has 1 spiro atoms. The largest absolute Gasteiger partial charge is 0.487 e. The van der Waals surface area contributed by atoms with Crippen LogP contribution in [-0.2, 0) is 11.3 Å². The minimum Gasteiger partial charge on any atom is -0.487 e. The lowest BCUT2D eigenvalue weighted by molar-refractivity contribution is -0.385. The zero-order valence-corrected chi connectivity index (χ0v) is 12.6. The van der Waals surface area contributed by atoms with Gasteiger partial charge in [-0.3, -0.25) is 10.1 Å². The van der Waals surface area contributed by atoms with Crippen molar-refractivity contribution in [1.29, 1.82) is 0 Å². The van der Waals surface area contributed by atoms with Gasteiger partial charge in [0.05, 0.1) is 11.5 Å². The second-order valence-electron chi connectivity index (χ2n) is 5.41. The van der Waals surface area contributed by atoms with E-state index in [1.165, 1.54) is 6.07 Å². The van der Waals surface area contributed by atoms with Gasteiger partial charge in [-0.05, 0) is 38.9 Å². The SMILES string of the molecule is CC1Oc2ccc([N+](=O)[O-])cc2COC12CCNCC2.Cl. The van der Waals surface area contributed by atoms with E-state index in [2.05, 4.69) is 5.32 Å². The molecule has 2 heterocycles. The van der Waals surface area contributed by atoms with Crippen molar-refractivity contribution in [3.05, 3.63) is 33.9 Å². The van der Waals surface area contributed by atoms with Crippen LogP contribution in [0.3, 0.4) is 0 Å². The van der Waals surface area contributed by atoms with Crippen molar-refractivity contribution in [1.82, 2.24) is 5.32 Å². The summed E-state index contributed by atoms with van der Waals surface area (Å²) in [5.41, 5.74) is 0.533. The summed E-state index contributed by atoms with van der Waals surface area (Å²) in [5, 5.41) is 14.2. The third-order valence-electron chi connectivity index (χ3n) is 4.26. The molecule has 1 atom stereocenters. The van der Waals surface area contributed by atoms with Gasteiger partial charge in [-0.25, -0.2) is 0 Å². The Morgan fingerprint density at radius 2 is 2.10 bits per heavy atom. The topological polar surface area (TPSA) is 73.6 Å². The van der Waals surface area contributed by atoms with Crippen LogP contribution in [-0.4, -0.2) is 29.7 Å². The van der Waals surface area contributed by atoms with Gasteiger partial charge in [0, 0.05) is 17.7 Å². The first-order valence-corrected chi connectivity index (χ1v) is 6.89. The summed E-state index contributed by atoms with van der Waals surface area (Å²) >= 11 is 0. The molecule has 0 aromatic heterocycles. The van der Waals surface area contributed by atoms with Gasteiger partial charge < -0.3 is 14.8 Å². The summed E-state index contributed by atoms with van der Waals surface area (Å²) in [6.45, 7) is 4.19. The number of hydrogen-bond acceptors (Lipinski definition) is 5. The van der Waals surface area contributed by atoms with Crippen LogP contribution in [0.1, 0.15) is 25.3 Å². The molecule has 116 valence electrons. The minimum atomic E-state index is -0.394. The third-order valence-corrected chi connectivity index (χ3v) is 4.26. The number of nitrogens with one attached hydrogen (secondary N) is 1. The van der Waals surface area contributed by atoms with Crippen molar-refractivity contribution in [2.75, 3.05) is 13.1 Å². The quantitative estimate of drug-likeness (QED) is 0.636. The van der Waals surface area contributed by atoms with E-state index >= 15 is 0 Å². The summed E-state index contributed by atoms with van der Waals surface area (Å²) in [5.74, 6) is 0.693. The molecule has 1 fully saturated rings. The van der Waals surface area contributed by atoms with E-state index < -0.39 is 4.92 Å². The second kappa shape index (κ2) is 6.17. The van der Waals surface area contributed by atoms with E-state index in [1.54, 1.807) is 12.1 Å². The van der Waals surface area contributed by atoms with Gasteiger partial charge in [0.2, 0.25) is 0 Å². The Hall–Kier alpha value is -1.37. The first kappa shape index (κ1) is 16.0. The molecule has 2 aliphatic rings. The first-order valence-electron chi connectivity index (χ1n) is 6.89. The van der Waals surface area contributed by atoms with Crippen LogP contribution in [0, 0.1) is 10.1 Å². The summed E-state index contributed by atoms with van der Waals surface area (Å²) in [6, 6.07) is 4.70. The molecule has 1 aromatic carbocycles. The maximum Gasteiger partial charge on any atom is 0.270 e. The molecule has 0 saturated carbocycles. The molecular formula is C14H19ClN2O4. The van der Waals surface area contributed by atoms with E-state index in [4.69, 9.17) is 9.47 Å². The van der Waals surface area contributed by atoms with Crippen molar-refractivity contribution in [2.45, 2.75) is 38.1 Å². The molecule has 0 aliphatic carbocycles. The van der Waals surface area contributed by atoms with Crippen LogP contribution in [0.4, 0.5) is 5.69 Å². The van der Waals surface area contributed by atoms with Crippen molar-refractivity contribution >= 4 is 18.1 Å². The average Bonchev–Trinajstić information content (AvgIpc) is 2.58. The zero-order valence-electron chi connectivity index (χ0n) is 11.8. The fourth-order valence-corrected chi connectivity index (χ4v) is 2.94. The number of nitro benzene ring substituents is 1. The Bertz CT molecular complexity index is 532. The number of benzene rings is 1. The van der Waals surface area contributed by atoms with Crippen molar-refractivity contribution in [2.24, 2.45) is 0 Å². The fourth-order valence-electron chi connectivity index (χ4n) is 2.94. The molecule has 1 unspecified atom stereocenters. The number of halogens is 1. The molecule has 1 N–H and O–H groups in total. The molecule has 7 heteroatoms. The van der Waals surface area contributed by atoms with Crippen molar-refractivity contribution < 1.29 is 14.4 Å². The molecule has 1 saturated heterocycles. The highest BCUT2D eigenvalue weighted by Gasteiger charge is 2.42. The van der Waals surface area contributed by atoms with E-state index in [0.717, 1.165) is 31.5 Å². The lowest BCUT2D eigenvalue weighted by atomic mass is 9.87. The van der Waals surface area contributed by atoms with Crippen LogP contribution in [0.5, 0.6) is 5.75 Å². The van der Waals surface area contributed by atoms with Gasteiger partial charge in [-0.15, -0.1) is 12.4 Å². The Morgan fingerprint density at radius 1 is 1.38 bits per heavy atom. The van der Waals surface area contributed by atoms with Crippen LogP contribution < -0.4 is 10.1 Å². The van der Waals surface area contributed by atoms with Crippen molar-refractivity contribution in [3.63, 3.8) is 0 Å². The van der Waals surface area contributed by atoms with Crippen LogP contribution in [0.25, 0.3) is 0 Å². The van der Waals surface area contributed by atoms with Crippen LogP contribution >= 0.6 is 12.4 Å². The average molecular weight is 315 g/mol. The summed E-state index contributed by atoms with van der Waals surface area (Å²) in [4.78, 5) is 10.5. The Morgan fingerprint density at radius 3 is 2.76 bits per heavy atom. The number of rotatable bonds is 1. The maximum absolute atomic E-state index is 10.8. The normalized spacial score (nSPS) is 23.4. The monoisotopic (exact) mass is 314 g/mol. The highest BCUT2D eigenvalue weighted by atomic mass is 35.5. The molecule has 1 aromatic rings. The zero-order chi connectivity index (χ0) is 14.2.